The highest BCUT2D eigenvalue weighted by atomic mass is 16.5. The second kappa shape index (κ2) is 13.7. The van der Waals surface area contributed by atoms with Crippen LogP contribution in [-0.4, -0.2) is 64.9 Å². The Balaban J connectivity index is 1.64. The van der Waals surface area contributed by atoms with E-state index in [2.05, 4.69) is 70.2 Å². The molecule has 36 heavy (non-hydrogen) atoms. The van der Waals surface area contributed by atoms with E-state index in [1.165, 1.54) is 11.6 Å². The minimum absolute atomic E-state index is 0.00823. The van der Waals surface area contributed by atoms with Crippen LogP contribution in [0, 0.1) is 5.92 Å². The van der Waals surface area contributed by atoms with Crippen molar-refractivity contribution >= 4 is 24.1 Å². The summed E-state index contributed by atoms with van der Waals surface area (Å²) >= 11 is 0. The van der Waals surface area contributed by atoms with Gasteiger partial charge in [0.25, 0.3) is 0 Å². The lowest BCUT2D eigenvalue weighted by Crippen LogP contribution is -2.49. The number of amides is 2. The molecule has 0 radical (unpaired) electrons. The van der Waals surface area contributed by atoms with Gasteiger partial charge in [-0.3, -0.25) is 14.5 Å². The number of nitrogens with zero attached hydrogens (tertiary/aromatic N) is 4. The van der Waals surface area contributed by atoms with Crippen molar-refractivity contribution in [2.75, 3.05) is 43.4 Å². The van der Waals surface area contributed by atoms with E-state index >= 15 is 0 Å². The smallest absolute Gasteiger partial charge is 0.246 e. The number of anilines is 2. The van der Waals surface area contributed by atoms with E-state index in [4.69, 9.17) is 4.74 Å². The van der Waals surface area contributed by atoms with Gasteiger partial charge in [0.1, 0.15) is 5.82 Å². The molecule has 2 amide bonds. The average molecular weight is 495 g/mol. The van der Waals surface area contributed by atoms with Gasteiger partial charge in [-0.05, 0) is 36.5 Å². The van der Waals surface area contributed by atoms with Gasteiger partial charge in [-0.25, -0.2) is 4.98 Å². The quantitative estimate of drug-likeness (QED) is 0.324. The number of rotatable bonds is 13. The Morgan fingerprint density at radius 3 is 2.53 bits per heavy atom. The van der Waals surface area contributed by atoms with Gasteiger partial charge in [-0.1, -0.05) is 44.7 Å². The molecule has 3 rings (SSSR count). The van der Waals surface area contributed by atoms with Crippen molar-refractivity contribution in [3.63, 3.8) is 0 Å². The van der Waals surface area contributed by atoms with Gasteiger partial charge in [-0.15, -0.1) is 0 Å². The molecule has 9 heteroatoms. The van der Waals surface area contributed by atoms with Crippen molar-refractivity contribution in [2.45, 2.75) is 46.4 Å². The highest BCUT2D eigenvalue weighted by Crippen LogP contribution is 2.29. The molecule has 1 aliphatic rings. The minimum atomic E-state index is 0.00823. The van der Waals surface area contributed by atoms with Crippen LogP contribution >= 0.6 is 0 Å². The molecular weight excluding hydrogens is 456 g/mol. The second-order valence-corrected chi connectivity index (χ2v) is 9.27. The fraction of sp³-hybridized carbons (Fsp3) is 0.481. The van der Waals surface area contributed by atoms with Crippen LogP contribution in [0.3, 0.4) is 0 Å². The van der Waals surface area contributed by atoms with E-state index in [0.717, 1.165) is 43.7 Å². The Labute approximate surface area is 213 Å². The standard InChI is InChI=1S/C27H38N6O3/c1-5-25(35)33-13-11-32(12-14-33)24(15-20(3)4)22-9-7-21(8-10-22)16-28-27-29-17-23(18-36-6-2)26(31-27)30-19-34/h5,7-10,17,19-20,24H,1,6,11-16,18H2,2-4H3,(H2,28,29,30,31,34). The zero-order valence-electron chi connectivity index (χ0n) is 21.6. The van der Waals surface area contributed by atoms with Crippen LogP contribution in [0.5, 0.6) is 0 Å². The molecule has 0 aliphatic carbocycles. The van der Waals surface area contributed by atoms with Crippen molar-refractivity contribution in [1.82, 2.24) is 19.8 Å². The van der Waals surface area contributed by atoms with Crippen molar-refractivity contribution in [1.29, 1.82) is 0 Å². The topological polar surface area (TPSA) is 99.7 Å². The third kappa shape index (κ3) is 7.60. The zero-order valence-corrected chi connectivity index (χ0v) is 21.6. The third-order valence-electron chi connectivity index (χ3n) is 6.27. The third-order valence-corrected chi connectivity index (χ3v) is 6.27. The molecule has 1 saturated heterocycles. The van der Waals surface area contributed by atoms with Crippen LogP contribution in [0.4, 0.5) is 11.8 Å². The summed E-state index contributed by atoms with van der Waals surface area (Å²) in [7, 11) is 0. The maximum atomic E-state index is 12.0. The summed E-state index contributed by atoms with van der Waals surface area (Å²) in [5, 5.41) is 5.85. The number of benzene rings is 1. The van der Waals surface area contributed by atoms with E-state index in [1.54, 1.807) is 6.20 Å². The Bertz CT molecular complexity index is 1000. The molecule has 1 fully saturated rings. The number of hydrogen-bond acceptors (Lipinski definition) is 7. The maximum Gasteiger partial charge on any atom is 0.246 e. The normalized spacial score (nSPS) is 14.9. The molecule has 1 aromatic carbocycles. The van der Waals surface area contributed by atoms with E-state index in [9.17, 15) is 9.59 Å². The van der Waals surface area contributed by atoms with Gasteiger partial charge in [-0.2, -0.15) is 4.98 Å². The summed E-state index contributed by atoms with van der Waals surface area (Å²) in [6, 6.07) is 8.95. The van der Waals surface area contributed by atoms with Gasteiger partial charge in [0.15, 0.2) is 0 Å². The van der Waals surface area contributed by atoms with E-state index < -0.39 is 0 Å². The molecule has 0 bridgehead atoms. The lowest BCUT2D eigenvalue weighted by Gasteiger charge is -2.40. The largest absolute Gasteiger partial charge is 0.377 e. The summed E-state index contributed by atoms with van der Waals surface area (Å²) in [6.45, 7) is 14.6. The Hall–Kier alpha value is -3.30. The number of ether oxygens (including phenoxy) is 1. The second-order valence-electron chi connectivity index (χ2n) is 9.27. The zero-order chi connectivity index (χ0) is 25.9. The van der Waals surface area contributed by atoms with E-state index in [0.29, 0.717) is 49.9 Å². The van der Waals surface area contributed by atoms with Gasteiger partial charge < -0.3 is 20.3 Å². The fourth-order valence-electron chi connectivity index (χ4n) is 4.35. The van der Waals surface area contributed by atoms with Crippen LogP contribution in [0.25, 0.3) is 0 Å². The van der Waals surface area contributed by atoms with Gasteiger partial charge >= 0.3 is 0 Å². The first-order valence-electron chi connectivity index (χ1n) is 12.6. The van der Waals surface area contributed by atoms with Crippen molar-refractivity contribution < 1.29 is 14.3 Å². The highest BCUT2D eigenvalue weighted by Gasteiger charge is 2.26. The van der Waals surface area contributed by atoms with Crippen molar-refractivity contribution in [2.24, 2.45) is 5.92 Å². The molecule has 1 unspecified atom stereocenters. The molecule has 1 atom stereocenters. The molecule has 9 nitrogen and oxygen atoms in total. The number of carbonyl (C=O) groups is 2. The maximum absolute atomic E-state index is 12.0. The van der Waals surface area contributed by atoms with Crippen molar-refractivity contribution in [3.8, 4) is 0 Å². The van der Waals surface area contributed by atoms with Gasteiger partial charge in [0.05, 0.1) is 6.61 Å². The summed E-state index contributed by atoms with van der Waals surface area (Å²) in [5.41, 5.74) is 3.12. The Morgan fingerprint density at radius 1 is 1.19 bits per heavy atom. The summed E-state index contributed by atoms with van der Waals surface area (Å²) < 4.78 is 5.41. The number of hydrogen-bond donors (Lipinski definition) is 2. The molecule has 2 heterocycles. The predicted molar refractivity (Wildman–Crippen MR) is 141 cm³/mol. The number of piperazine rings is 1. The molecule has 2 aromatic rings. The van der Waals surface area contributed by atoms with Crippen molar-refractivity contribution in [3.05, 3.63) is 59.8 Å². The number of carbonyl (C=O) groups excluding carboxylic acids is 2. The summed E-state index contributed by atoms with van der Waals surface area (Å²) in [6.07, 6.45) is 4.72. The lowest BCUT2D eigenvalue weighted by molar-refractivity contribution is -0.128. The van der Waals surface area contributed by atoms with E-state index in [-0.39, 0.29) is 5.91 Å². The van der Waals surface area contributed by atoms with Crippen LogP contribution in [0.1, 0.15) is 49.9 Å². The SMILES string of the molecule is C=CC(=O)N1CCN(C(CC(C)C)c2ccc(CNc3ncc(COCC)c(NC=O)n3)cc2)CC1. The lowest BCUT2D eigenvalue weighted by atomic mass is 9.94. The van der Waals surface area contributed by atoms with Crippen LogP contribution < -0.4 is 10.6 Å². The summed E-state index contributed by atoms with van der Waals surface area (Å²) in [4.78, 5) is 36.0. The average Bonchev–Trinajstić information content (AvgIpc) is 2.90. The first kappa shape index (κ1) is 27.3. The minimum Gasteiger partial charge on any atom is -0.377 e. The Kier molecular flexibility index (Phi) is 10.4. The molecule has 194 valence electrons. The van der Waals surface area contributed by atoms with E-state index in [1.807, 2.05) is 11.8 Å². The molecule has 0 spiro atoms. The number of aromatic nitrogens is 2. The van der Waals surface area contributed by atoms with Gasteiger partial charge in [0, 0.05) is 57.1 Å². The first-order valence-corrected chi connectivity index (χ1v) is 12.6. The number of nitrogens with one attached hydrogen (secondary N) is 2. The monoisotopic (exact) mass is 494 g/mol. The van der Waals surface area contributed by atoms with Crippen LogP contribution in [0.2, 0.25) is 0 Å². The Morgan fingerprint density at radius 2 is 1.92 bits per heavy atom. The molecule has 1 aliphatic heterocycles. The predicted octanol–water partition coefficient (Wildman–Crippen LogP) is 3.61. The first-order chi connectivity index (χ1) is 17.4. The summed E-state index contributed by atoms with van der Waals surface area (Å²) in [5.74, 6) is 1.45. The fourth-order valence-corrected chi connectivity index (χ4v) is 4.35. The highest BCUT2D eigenvalue weighted by molar-refractivity contribution is 5.87. The molecular formula is C27H38N6O3. The van der Waals surface area contributed by atoms with Gasteiger partial charge in [0.2, 0.25) is 18.3 Å². The molecule has 2 N–H and O–H groups in total. The van der Waals surface area contributed by atoms with Crippen LogP contribution in [0.15, 0.2) is 43.1 Å². The van der Waals surface area contributed by atoms with Crippen LogP contribution in [-0.2, 0) is 27.5 Å². The molecule has 0 saturated carbocycles. The molecule has 1 aromatic heterocycles.